The molecule has 0 fully saturated rings. The van der Waals surface area contributed by atoms with Crippen LogP contribution in [0, 0.1) is 10.1 Å². The Labute approximate surface area is 93.1 Å². The summed E-state index contributed by atoms with van der Waals surface area (Å²) in [6.07, 6.45) is 0. The molecule has 0 aliphatic carbocycles. The van der Waals surface area contributed by atoms with E-state index in [2.05, 4.69) is 9.98 Å². The van der Waals surface area contributed by atoms with Gasteiger partial charge in [-0.15, -0.1) is 0 Å². The van der Waals surface area contributed by atoms with E-state index in [1.165, 1.54) is 12.1 Å². The quantitative estimate of drug-likeness (QED) is 0.393. The van der Waals surface area contributed by atoms with E-state index in [1.807, 2.05) is 0 Å². The van der Waals surface area contributed by atoms with Gasteiger partial charge in [-0.25, -0.2) is 9.79 Å². The molecule has 0 bridgehead atoms. The van der Waals surface area contributed by atoms with Crippen molar-refractivity contribution in [3.8, 4) is 0 Å². The lowest BCUT2D eigenvalue weighted by molar-refractivity contribution is -0.385. The number of nitrogens with zero attached hydrogens (tertiary/aromatic N) is 3. The summed E-state index contributed by atoms with van der Waals surface area (Å²) < 4.78 is 0. The summed E-state index contributed by atoms with van der Waals surface area (Å²) in [5.41, 5.74) is -0.232. The number of carboxylic acids is 1. The second-order valence-corrected chi connectivity index (χ2v) is 3.25. The fraction of sp³-hybridized carbons (Fsp3) is 0.111. The smallest absolute Gasteiger partial charge is 0.338 e. The van der Waals surface area contributed by atoms with Crippen LogP contribution in [0.1, 0.15) is 0 Å². The van der Waals surface area contributed by atoms with Crippen LogP contribution in [0.25, 0.3) is 0 Å². The molecular weight excluding hydrogens is 230 g/mol. The Balaban J connectivity index is 2.64. The van der Waals surface area contributed by atoms with Gasteiger partial charge in [0.25, 0.3) is 11.6 Å². The zero-order chi connectivity index (χ0) is 12.6. The number of hydrogen-bond acceptors (Lipinski definition) is 5. The van der Waals surface area contributed by atoms with Gasteiger partial charge in [0.2, 0.25) is 6.04 Å². The molecule has 2 rings (SSSR count). The highest BCUT2D eigenvalue weighted by Gasteiger charge is 2.27. The molecule has 1 unspecified atom stereocenters. The first-order valence-corrected chi connectivity index (χ1v) is 4.47. The summed E-state index contributed by atoms with van der Waals surface area (Å²) in [4.78, 5) is 38.9. The number of fused-ring (bicyclic) bond motifs is 1. The number of aliphatic carboxylic acids is 1. The standard InChI is InChI=1S/C9H5N3O5/c13-8-7(9(14)15)10-5-2-1-4(12(16)17)3-6(5)11-8/h1-3,7H,(H,14,15). The van der Waals surface area contributed by atoms with Gasteiger partial charge < -0.3 is 5.11 Å². The Morgan fingerprint density at radius 2 is 2.12 bits per heavy atom. The third-order valence-corrected chi connectivity index (χ3v) is 2.14. The Kier molecular flexibility index (Phi) is 2.39. The van der Waals surface area contributed by atoms with E-state index >= 15 is 0 Å². The number of carbonyl (C=O) groups is 2. The largest absolute Gasteiger partial charge is 0.479 e. The number of benzene rings is 1. The number of amides is 1. The van der Waals surface area contributed by atoms with Crippen molar-refractivity contribution in [2.45, 2.75) is 6.04 Å². The van der Waals surface area contributed by atoms with Crippen LogP contribution in [0.5, 0.6) is 0 Å². The second kappa shape index (κ2) is 3.74. The Bertz CT molecular complexity index is 651. The predicted octanol–water partition coefficient (Wildman–Crippen LogP) is -1.17. The normalized spacial score (nSPS) is 17.6. The average Bonchev–Trinajstić information content (AvgIpc) is 2.26. The van der Waals surface area contributed by atoms with E-state index in [4.69, 9.17) is 5.11 Å². The van der Waals surface area contributed by atoms with Crippen LogP contribution in [-0.2, 0) is 9.59 Å². The molecule has 8 heteroatoms. The molecule has 0 aromatic heterocycles. The Morgan fingerprint density at radius 3 is 2.71 bits per heavy atom. The minimum Gasteiger partial charge on any atom is -0.479 e. The highest BCUT2D eigenvalue weighted by atomic mass is 16.6. The highest BCUT2D eigenvalue weighted by molar-refractivity contribution is 6.02. The van der Waals surface area contributed by atoms with Gasteiger partial charge in [-0.1, -0.05) is 0 Å². The van der Waals surface area contributed by atoms with Crippen LogP contribution in [0.4, 0.5) is 5.69 Å². The molecule has 0 spiro atoms. The third-order valence-electron chi connectivity index (χ3n) is 2.14. The first-order chi connectivity index (χ1) is 7.99. The lowest BCUT2D eigenvalue weighted by atomic mass is 10.2. The lowest BCUT2D eigenvalue weighted by Crippen LogP contribution is -2.40. The third kappa shape index (κ3) is 1.87. The van der Waals surface area contributed by atoms with Gasteiger partial charge in [-0.05, 0) is 6.07 Å². The summed E-state index contributed by atoms with van der Waals surface area (Å²) in [5.74, 6) is -2.34. The van der Waals surface area contributed by atoms with E-state index in [9.17, 15) is 19.7 Å². The van der Waals surface area contributed by atoms with Crippen LogP contribution in [0.3, 0.4) is 0 Å². The van der Waals surface area contributed by atoms with Gasteiger partial charge in [0.15, 0.2) is 0 Å². The van der Waals surface area contributed by atoms with Crippen LogP contribution in [0.2, 0.25) is 0 Å². The van der Waals surface area contributed by atoms with E-state index in [1.54, 1.807) is 0 Å². The van der Waals surface area contributed by atoms with Gasteiger partial charge in [0, 0.05) is 12.1 Å². The van der Waals surface area contributed by atoms with Crippen molar-refractivity contribution in [2.75, 3.05) is 0 Å². The van der Waals surface area contributed by atoms with Gasteiger partial charge in [-0.3, -0.25) is 19.9 Å². The number of carboxylic acid groups (broad SMARTS) is 1. The summed E-state index contributed by atoms with van der Waals surface area (Å²) in [6.45, 7) is 0. The van der Waals surface area contributed by atoms with Crippen LogP contribution in [-0.4, -0.2) is 27.9 Å². The second-order valence-electron chi connectivity index (χ2n) is 3.25. The molecule has 0 radical (unpaired) electrons. The van der Waals surface area contributed by atoms with E-state index in [0.29, 0.717) is 0 Å². The van der Waals surface area contributed by atoms with Crippen molar-refractivity contribution in [3.05, 3.63) is 39.0 Å². The average molecular weight is 235 g/mol. The molecular formula is C9H5N3O5. The van der Waals surface area contributed by atoms with Crippen molar-refractivity contribution in [2.24, 2.45) is 9.98 Å². The first-order valence-electron chi connectivity index (χ1n) is 4.47. The first kappa shape index (κ1) is 10.9. The molecule has 1 atom stereocenters. The predicted molar refractivity (Wildman–Crippen MR) is 51.8 cm³/mol. The maximum Gasteiger partial charge on any atom is 0.338 e. The molecule has 1 aromatic rings. The zero-order valence-electron chi connectivity index (χ0n) is 8.23. The van der Waals surface area contributed by atoms with Crippen LogP contribution >= 0.6 is 0 Å². The number of nitro benzene ring substituents is 1. The van der Waals surface area contributed by atoms with Gasteiger partial charge >= 0.3 is 5.97 Å². The lowest BCUT2D eigenvalue weighted by Gasteiger charge is -2.06. The number of nitro groups is 1. The molecule has 1 aliphatic heterocycles. The molecule has 86 valence electrons. The topological polar surface area (TPSA) is 122 Å². The highest BCUT2D eigenvalue weighted by Crippen LogP contribution is 2.05. The summed E-state index contributed by atoms with van der Waals surface area (Å²) >= 11 is 0. The number of hydrogen-bond donors (Lipinski definition) is 1. The number of carbonyl (C=O) groups excluding carboxylic acids is 1. The maximum atomic E-state index is 11.3. The van der Waals surface area contributed by atoms with Crippen molar-refractivity contribution < 1.29 is 19.6 Å². The van der Waals surface area contributed by atoms with Crippen molar-refractivity contribution in [3.63, 3.8) is 0 Å². The van der Waals surface area contributed by atoms with Crippen LogP contribution < -0.4 is 10.7 Å². The van der Waals surface area contributed by atoms with Crippen molar-refractivity contribution in [1.82, 2.24) is 0 Å². The molecule has 8 nitrogen and oxygen atoms in total. The molecule has 0 saturated heterocycles. The van der Waals surface area contributed by atoms with Crippen molar-refractivity contribution in [1.29, 1.82) is 0 Å². The summed E-state index contributed by atoms with van der Waals surface area (Å²) in [6, 6.07) is 1.95. The van der Waals surface area contributed by atoms with Gasteiger partial charge in [0.05, 0.1) is 15.6 Å². The number of non-ortho nitro benzene ring substituents is 1. The number of rotatable bonds is 2. The van der Waals surface area contributed by atoms with Crippen LogP contribution in [0.15, 0.2) is 28.2 Å². The minimum atomic E-state index is -1.57. The molecule has 1 amide bonds. The maximum absolute atomic E-state index is 11.3. The minimum absolute atomic E-state index is 0.0155. The van der Waals surface area contributed by atoms with E-state index < -0.39 is 22.8 Å². The fourth-order valence-electron chi connectivity index (χ4n) is 1.36. The summed E-state index contributed by atoms with van der Waals surface area (Å²) in [7, 11) is 0. The zero-order valence-corrected chi connectivity index (χ0v) is 8.23. The van der Waals surface area contributed by atoms with Crippen molar-refractivity contribution >= 4 is 17.6 Å². The molecule has 1 N–H and O–H groups in total. The fourth-order valence-corrected chi connectivity index (χ4v) is 1.36. The molecule has 1 aromatic carbocycles. The SMILES string of the molecule is O=C(O)C1N=c2ccc([N+](=O)[O-])cc2=NC1=O. The monoisotopic (exact) mass is 235 g/mol. The van der Waals surface area contributed by atoms with Gasteiger partial charge in [0.1, 0.15) is 0 Å². The molecule has 1 heterocycles. The molecule has 1 aliphatic rings. The molecule has 0 saturated carbocycles. The van der Waals surface area contributed by atoms with Gasteiger partial charge in [-0.2, -0.15) is 0 Å². The summed E-state index contributed by atoms with van der Waals surface area (Å²) in [5, 5.41) is 19.4. The Morgan fingerprint density at radius 1 is 1.41 bits per heavy atom. The Hall–Kier alpha value is -2.64. The van der Waals surface area contributed by atoms with E-state index in [0.717, 1.165) is 6.07 Å². The molecule has 17 heavy (non-hydrogen) atoms. The van der Waals surface area contributed by atoms with E-state index in [-0.39, 0.29) is 16.4 Å².